The molecule has 0 aliphatic carbocycles. The van der Waals surface area contributed by atoms with Crippen molar-refractivity contribution in [1.82, 2.24) is 4.57 Å². The zero-order valence-electron chi connectivity index (χ0n) is 9.75. The Kier molecular flexibility index (Phi) is 3.02. The standard InChI is InChI=1S/C13H11N3O2/c1-18-13(17)10-5-2-6-11(15)12(10)16-7-3-4-9(16)8-14/h2-7H,15H2,1H3. The minimum atomic E-state index is -0.491. The van der Waals surface area contributed by atoms with Crippen molar-refractivity contribution in [2.45, 2.75) is 0 Å². The van der Waals surface area contributed by atoms with Crippen LogP contribution in [0.15, 0.2) is 36.5 Å². The second-order valence-electron chi connectivity index (χ2n) is 3.61. The first kappa shape index (κ1) is 11.7. The molecule has 0 saturated heterocycles. The summed E-state index contributed by atoms with van der Waals surface area (Å²) in [4.78, 5) is 11.7. The molecule has 2 rings (SSSR count). The van der Waals surface area contributed by atoms with Gasteiger partial charge in [-0.3, -0.25) is 0 Å². The molecule has 0 fully saturated rings. The summed E-state index contributed by atoms with van der Waals surface area (Å²) < 4.78 is 6.28. The molecule has 0 aliphatic rings. The molecule has 0 atom stereocenters. The molecule has 0 unspecified atom stereocenters. The van der Waals surface area contributed by atoms with Crippen LogP contribution in [0.2, 0.25) is 0 Å². The van der Waals surface area contributed by atoms with Crippen LogP contribution < -0.4 is 5.73 Å². The number of methoxy groups -OCH3 is 1. The molecule has 5 nitrogen and oxygen atoms in total. The fourth-order valence-electron chi connectivity index (χ4n) is 1.77. The Morgan fingerprint density at radius 3 is 2.83 bits per heavy atom. The lowest BCUT2D eigenvalue weighted by atomic mass is 10.1. The summed E-state index contributed by atoms with van der Waals surface area (Å²) in [6.45, 7) is 0. The summed E-state index contributed by atoms with van der Waals surface area (Å²) in [5, 5.41) is 9.02. The van der Waals surface area contributed by atoms with Crippen LogP contribution in [-0.4, -0.2) is 17.6 Å². The van der Waals surface area contributed by atoms with Crippen molar-refractivity contribution < 1.29 is 9.53 Å². The number of para-hydroxylation sites is 1. The fourth-order valence-corrected chi connectivity index (χ4v) is 1.77. The largest absolute Gasteiger partial charge is 0.465 e. The summed E-state index contributed by atoms with van der Waals surface area (Å²) in [5.74, 6) is -0.491. The number of nitrogens with two attached hydrogens (primary N) is 1. The van der Waals surface area contributed by atoms with Crippen LogP contribution in [0.1, 0.15) is 16.1 Å². The van der Waals surface area contributed by atoms with Crippen molar-refractivity contribution in [3.63, 3.8) is 0 Å². The van der Waals surface area contributed by atoms with Crippen LogP contribution in [-0.2, 0) is 4.74 Å². The van der Waals surface area contributed by atoms with Gasteiger partial charge in [0.05, 0.1) is 24.0 Å². The third kappa shape index (κ3) is 1.80. The first-order chi connectivity index (χ1) is 8.69. The van der Waals surface area contributed by atoms with Gasteiger partial charge in [0, 0.05) is 6.20 Å². The van der Waals surface area contributed by atoms with E-state index in [-0.39, 0.29) is 0 Å². The highest BCUT2D eigenvalue weighted by Gasteiger charge is 2.17. The molecular formula is C13H11N3O2. The Morgan fingerprint density at radius 2 is 2.17 bits per heavy atom. The SMILES string of the molecule is COC(=O)c1cccc(N)c1-n1cccc1C#N. The average molecular weight is 241 g/mol. The predicted octanol–water partition coefficient (Wildman–Crippen LogP) is 1.72. The molecule has 90 valence electrons. The summed E-state index contributed by atoms with van der Waals surface area (Å²) >= 11 is 0. The summed E-state index contributed by atoms with van der Waals surface area (Å²) in [5.41, 5.74) is 7.49. The van der Waals surface area contributed by atoms with E-state index in [2.05, 4.69) is 0 Å². The highest BCUT2D eigenvalue weighted by molar-refractivity contribution is 5.96. The molecule has 1 aromatic carbocycles. The molecule has 2 aromatic rings. The van der Waals surface area contributed by atoms with E-state index in [1.54, 1.807) is 41.1 Å². The number of rotatable bonds is 2. The van der Waals surface area contributed by atoms with Gasteiger partial charge in [-0.15, -0.1) is 0 Å². The van der Waals surface area contributed by atoms with Crippen molar-refractivity contribution in [3.05, 3.63) is 47.8 Å². The number of nitriles is 1. The number of nitrogen functional groups attached to an aromatic ring is 1. The van der Waals surface area contributed by atoms with Crippen LogP contribution >= 0.6 is 0 Å². The number of carbonyl (C=O) groups excluding carboxylic acids is 1. The fraction of sp³-hybridized carbons (Fsp3) is 0.0769. The molecule has 1 heterocycles. The van der Waals surface area contributed by atoms with Gasteiger partial charge in [0.1, 0.15) is 11.8 Å². The van der Waals surface area contributed by atoms with Crippen LogP contribution in [0.4, 0.5) is 5.69 Å². The van der Waals surface area contributed by atoms with Crippen molar-refractivity contribution in [2.24, 2.45) is 0 Å². The summed E-state index contributed by atoms with van der Waals surface area (Å²) in [6.07, 6.45) is 1.68. The van der Waals surface area contributed by atoms with Crippen LogP contribution in [0, 0.1) is 11.3 Å². The van der Waals surface area contributed by atoms with E-state index >= 15 is 0 Å². The lowest BCUT2D eigenvalue weighted by molar-refractivity contribution is 0.0601. The molecule has 0 radical (unpaired) electrons. The van der Waals surface area contributed by atoms with Gasteiger partial charge in [-0.25, -0.2) is 4.79 Å². The van der Waals surface area contributed by atoms with Crippen molar-refractivity contribution >= 4 is 11.7 Å². The number of anilines is 1. The van der Waals surface area contributed by atoms with Gasteiger partial charge in [0.15, 0.2) is 0 Å². The van der Waals surface area contributed by atoms with Crippen LogP contribution in [0.3, 0.4) is 0 Å². The highest BCUT2D eigenvalue weighted by Crippen LogP contribution is 2.24. The Morgan fingerprint density at radius 1 is 1.39 bits per heavy atom. The van der Waals surface area contributed by atoms with Gasteiger partial charge in [0.2, 0.25) is 0 Å². The lowest BCUT2D eigenvalue weighted by Crippen LogP contribution is -2.10. The number of hydrogen-bond donors (Lipinski definition) is 1. The molecule has 1 aromatic heterocycles. The minimum absolute atomic E-state index is 0.324. The normalized spacial score (nSPS) is 9.78. The van der Waals surface area contributed by atoms with E-state index in [1.807, 2.05) is 6.07 Å². The van der Waals surface area contributed by atoms with Crippen molar-refractivity contribution in [2.75, 3.05) is 12.8 Å². The molecule has 2 N–H and O–H groups in total. The quantitative estimate of drug-likeness (QED) is 0.641. The van der Waals surface area contributed by atoms with E-state index in [0.717, 1.165) is 0 Å². The molecule has 0 amide bonds. The van der Waals surface area contributed by atoms with Crippen LogP contribution in [0.5, 0.6) is 0 Å². The van der Waals surface area contributed by atoms with E-state index in [9.17, 15) is 4.79 Å². The zero-order valence-corrected chi connectivity index (χ0v) is 9.75. The predicted molar refractivity (Wildman–Crippen MR) is 66.2 cm³/mol. The maximum Gasteiger partial charge on any atom is 0.340 e. The van der Waals surface area contributed by atoms with Crippen molar-refractivity contribution in [3.8, 4) is 11.8 Å². The average Bonchev–Trinajstić information content (AvgIpc) is 2.85. The molecule has 5 heteroatoms. The van der Waals surface area contributed by atoms with Gasteiger partial charge in [0.25, 0.3) is 0 Å². The molecule has 0 spiro atoms. The van der Waals surface area contributed by atoms with E-state index in [0.29, 0.717) is 22.6 Å². The second-order valence-corrected chi connectivity index (χ2v) is 3.61. The Bertz CT molecular complexity index is 638. The first-order valence-corrected chi connectivity index (χ1v) is 5.23. The number of carbonyl (C=O) groups is 1. The number of ether oxygens (including phenoxy) is 1. The Hall–Kier alpha value is -2.74. The number of hydrogen-bond acceptors (Lipinski definition) is 4. The van der Waals surface area contributed by atoms with Gasteiger partial charge in [-0.05, 0) is 24.3 Å². The third-order valence-electron chi connectivity index (χ3n) is 2.58. The summed E-state index contributed by atoms with van der Waals surface area (Å²) in [6, 6.07) is 10.3. The maximum atomic E-state index is 11.7. The Balaban J connectivity index is 2.71. The molecule has 18 heavy (non-hydrogen) atoms. The topological polar surface area (TPSA) is 81.0 Å². The first-order valence-electron chi connectivity index (χ1n) is 5.23. The highest BCUT2D eigenvalue weighted by atomic mass is 16.5. The van der Waals surface area contributed by atoms with E-state index in [4.69, 9.17) is 15.7 Å². The van der Waals surface area contributed by atoms with Gasteiger partial charge >= 0.3 is 5.97 Å². The molecule has 0 bridgehead atoms. The second kappa shape index (κ2) is 4.63. The molecule has 0 aliphatic heterocycles. The summed E-state index contributed by atoms with van der Waals surface area (Å²) in [7, 11) is 1.30. The maximum absolute atomic E-state index is 11.7. The third-order valence-corrected chi connectivity index (χ3v) is 2.58. The smallest absolute Gasteiger partial charge is 0.340 e. The number of benzene rings is 1. The minimum Gasteiger partial charge on any atom is -0.465 e. The number of esters is 1. The van der Waals surface area contributed by atoms with E-state index < -0.39 is 5.97 Å². The zero-order chi connectivity index (χ0) is 13.1. The lowest BCUT2D eigenvalue weighted by Gasteiger charge is -2.12. The Labute approximate surface area is 104 Å². The van der Waals surface area contributed by atoms with E-state index in [1.165, 1.54) is 7.11 Å². The number of nitrogens with zero attached hydrogens (tertiary/aromatic N) is 2. The van der Waals surface area contributed by atoms with Gasteiger partial charge in [-0.1, -0.05) is 6.07 Å². The monoisotopic (exact) mass is 241 g/mol. The molecule has 0 saturated carbocycles. The van der Waals surface area contributed by atoms with Crippen molar-refractivity contribution in [1.29, 1.82) is 5.26 Å². The molecular weight excluding hydrogens is 230 g/mol. The number of aromatic nitrogens is 1. The van der Waals surface area contributed by atoms with Crippen LogP contribution in [0.25, 0.3) is 5.69 Å². The van der Waals surface area contributed by atoms with Gasteiger partial charge in [-0.2, -0.15) is 5.26 Å². The van der Waals surface area contributed by atoms with Gasteiger partial charge < -0.3 is 15.0 Å².